The molecule has 1 aromatic carbocycles. The first kappa shape index (κ1) is 18.6. The van der Waals surface area contributed by atoms with E-state index in [0.29, 0.717) is 30.0 Å². The van der Waals surface area contributed by atoms with E-state index in [9.17, 15) is 19.7 Å². The van der Waals surface area contributed by atoms with Gasteiger partial charge in [-0.15, -0.1) is 0 Å². The molecule has 1 atom stereocenters. The van der Waals surface area contributed by atoms with Crippen LogP contribution in [0.15, 0.2) is 35.5 Å². The van der Waals surface area contributed by atoms with Crippen molar-refractivity contribution in [3.63, 3.8) is 0 Å². The van der Waals surface area contributed by atoms with Crippen molar-refractivity contribution < 1.29 is 24.0 Å². The van der Waals surface area contributed by atoms with Gasteiger partial charge in [-0.3, -0.25) is 14.9 Å². The molecular formula is C17H20N2O6. The van der Waals surface area contributed by atoms with E-state index in [4.69, 9.17) is 9.47 Å². The van der Waals surface area contributed by atoms with Crippen LogP contribution in [0.3, 0.4) is 0 Å². The molecule has 0 radical (unpaired) electrons. The maximum Gasteiger partial charge on any atom is 0.336 e. The van der Waals surface area contributed by atoms with Gasteiger partial charge in [0.05, 0.1) is 17.1 Å². The summed E-state index contributed by atoms with van der Waals surface area (Å²) in [5.74, 6) is -1.25. The molecule has 0 aromatic heterocycles. The third-order valence-corrected chi connectivity index (χ3v) is 3.86. The molecule has 1 heterocycles. The van der Waals surface area contributed by atoms with E-state index in [1.54, 1.807) is 19.1 Å². The predicted molar refractivity (Wildman–Crippen MR) is 88.7 cm³/mol. The van der Waals surface area contributed by atoms with Crippen LogP contribution in [0, 0.1) is 10.1 Å². The van der Waals surface area contributed by atoms with Gasteiger partial charge in [-0.1, -0.05) is 12.1 Å². The van der Waals surface area contributed by atoms with Crippen molar-refractivity contribution in [2.75, 3.05) is 19.8 Å². The topological polar surface area (TPSA) is 108 Å². The van der Waals surface area contributed by atoms with Crippen molar-refractivity contribution in [2.45, 2.75) is 26.2 Å². The second-order valence-corrected chi connectivity index (χ2v) is 5.53. The number of non-ortho nitro benzene ring substituents is 1. The highest BCUT2D eigenvalue weighted by atomic mass is 16.6. The monoisotopic (exact) mass is 348 g/mol. The highest BCUT2D eigenvalue weighted by Crippen LogP contribution is 2.34. The number of ether oxygens (including phenoxy) is 2. The zero-order chi connectivity index (χ0) is 18.4. The van der Waals surface area contributed by atoms with Gasteiger partial charge in [0.1, 0.15) is 6.61 Å². The molecule has 1 aliphatic rings. The van der Waals surface area contributed by atoms with Crippen molar-refractivity contribution in [3.05, 3.63) is 51.2 Å². The summed E-state index contributed by atoms with van der Waals surface area (Å²) >= 11 is 0. The van der Waals surface area contributed by atoms with Crippen molar-refractivity contribution in [3.8, 4) is 0 Å². The number of nitrogens with one attached hydrogen (secondary N) is 1. The van der Waals surface area contributed by atoms with Crippen molar-refractivity contribution in [2.24, 2.45) is 0 Å². The molecule has 0 bridgehead atoms. The fourth-order valence-electron chi connectivity index (χ4n) is 2.70. The van der Waals surface area contributed by atoms with Crippen LogP contribution in [-0.2, 0) is 19.1 Å². The second-order valence-electron chi connectivity index (χ2n) is 5.53. The summed E-state index contributed by atoms with van der Waals surface area (Å²) in [5.41, 5.74) is 1.38. The van der Waals surface area contributed by atoms with Crippen LogP contribution in [0.25, 0.3) is 0 Å². The summed E-state index contributed by atoms with van der Waals surface area (Å²) in [6.07, 6.45) is 0.0744. The first-order chi connectivity index (χ1) is 11.9. The average Bonchev–Trinajstić information content (AvgIpc) is 2.58. The Kier molecular flexibility index (Phi) is 6.24. The fraction of sp³-hybridized carbons (Fsp3) is 0.412. The largest absolute Gasteiger partial charge is 0.460 e. The van der Waals surface area contributed by atoms with E-state index in [2.05, 4.69) is 5.32 Å². The zero-order valence-corrected chi connectivity index (χ0v) is 14.1. The van der Waals surface area contributed by atoms with Crippen LogP contribution in [-0.4, -0.2) is 36.6 Å². The van der Waals surface area contributed by atoms with Gasteiger partial charge in [-0.25, -0.2) is 4.79 Å². The Balaban J connectivity index is 2.23. The molecule has 0 saturated heterocycles. The van der Waals surface area contributed by atoms with E-state index >= 15 is 0 Å². The number of carbonyl (C=O) groups is 2. The lowest BCUT2D eigenvalue weighted by Crippen LogP contribution is -2.34. The number of esters is 1. The minimum Gasteiger partial charge on any atom is -0.460 e. The molecule has 1 aromatic rings. The van der Waals surface area contributed by atoms with Crippen LogP contribution < -0.4 is 5.32 Å². The molecule has 2 rings (SSSR count). The zero-order valence-electron chi connectivity index (χ0n) is 14.1. The predicted octanol–water partition coefficient (Wildman–Crippen LogP) is 2.05. The van der Waals surface area contributed by atoms with Crippen molar-refractivity contribution in [1.82, 2.24) is 5.32 Å². The first-order valence-electron chi connectivity index (χ1n) is 7.93. The second kappa shape index (κ2) is 8.39. The van der Waals surface area contributed by atoms with Gasteiger partial charge in [-0.05, 0) is 19.4 Å². The Labute approximate surface area is 145 Å². The van der Waals surface area contributed by atoms with E-state index in [-0.39, 0.29) is 24.6 Å². The molecule has 1 amide bonds. The minimum absolute atomic E-state index is 0.0504. The summed E-state index contributed by atoms with van der Waals surface area (Å²) in [7, 11) is 0. The molecule has 0 fully saturated rings. The number of nitro benzene ring substituents is 1. The molecule has 134 valence electrons. The molecule has 25 heavy (non-hydrogen) atoms. The van der Waals surface area contributed by atoms with E-state index in [0.717, 1.165) is 0 Å². The number of rotatable bonds is 7. The summed E-state index contributed by atoms with van der Waals surface area (Å²) in [5, 5.41) is 13.4. The highest BCUT2D eigenvalue weighted by molar-refractivity contribution is 5.95. The Morgan fingerprint density at radius 3 is 2.60 bits per heavy atom. The number of carbonyl (C=O) groups excluding carboxylic acids is 2. The number of hydrogen-bond donors (Lipinski definition) is 1. The third kappa shape index (κ3) is 4.63. The summed E-state index contributed by atoms with van der Waals surface area (Å²) < 4.78 is 10.4. The van der Waals surface area contributed by atoms with Gasteiger partial charge in [0.2, 0.25) is 5.91 Å². The van der Waals surface area contributed by atoms with Crippen LogP contribution in [0.5, 0.6) is 0 Å². The molecule has 0 spiro atoms. The molecule has 1 unspecified atom stereocenters. The van der Waals surface area contributed by atoms with E-state index in [1.165, 1.54) is 12.1 Å². The SMILES string of the molecule is CCOCCOC(=O)C1=C(C)NC(=O)CC1c1ccc([N+](=O)[O-])cc1. The van der Waals surface area contributed by atoms with Gasteiger partial charge in [0.25, 0.3) is 5.69 Å². The first-order valence-corrected chi connectivity index (χ1v) is 7.93. The van der Waals surface area contributed by atoms with Gasteiger partial charge < -0.3 is 14.8 Å². The number of benzene rings is 1. The fourth-order valence-corrected chi connectivity index (χ4v) is 2.70. The number of amides is 1. The van der Waals surface area contributed by atoms with Crippen LogP contribution in [0.2, 0.25) is 0 Å². The van der Waals surface area contributed by atoms with Crippen molar-refractivity contribution >= 4 is 17.6 Å². The quantitative estimate of drug-likeness (QED) is 0.350. The molecule has 8 heteroatoms. The molecule has 1 N–H and O–H groups in total. The molecular weight excluding hydrogens is 328 g/mol. The summed E-state index contributed by atoms with van der Waals surface area (Å²) in [4.78, 5) is 34.6. The summed E-state index contributed by atoms with van der Waals surface area (Å²) in [6, 6.07) is 5.83. The van der Waals surface area contributed by atoms with Crippen LogP contribution in [0.1, 0.15) is 31.7 Å². The lowest BCUT2D eigenvalue weighted by Gasteiger charge is -2.26. The Bertz CT molecular complexity index is 696. The van der Waals surface area contributed by atoms with E-state index < -0.39 is 16.8 Å². The lowest BCUT2D eigenvalue weighted by atomic mass is 9.84. The Hall–Kier alpha value is -2.74. The lowest BCUT2D eigenvalue weighted by molar-refractivity contribution is -0.384. The van der Waals surface area contributed by atoms with Crippen molar-refractivity contribution in [1.29, 1.82) is 0 Å². The maximum atomic E-state index is 12.4. The molecule has 1 aliphatic heterocycles. The average molecular weight is 348 g/mol. The Morgan fingerprint density at radius 1 is 1.32 bits per heavy atom. The maximum absolute atomic E-state index is 12.4. The Morgan fingerprint density at radius 2 is 2.00 bits per heavy atom. The normalized spacial score (nSPS) is 17.2. The van der Waals surface area contributed by atoms with Gasteiger partial charge in [0, 0.05) is 36.8 Å². The summed E-state index contributed by atoms with van der Waals surface area (Å²) in [6.45, 7) is 4.42. The van der Waals surface area contributed by atoms with Crippen LogP contribution in [0.4, 0.5) is 5.69 Å². The molecule has 8 nitrogen and oxygen atoms in total. The highest BCUT2D eigenvalue weighted by Gasteiger charge is 2.32. The number of nitro groups is 1. The minimum atomic E-state index is -0.527. The number of hydrogen-bond acceptors (Lipinski definition) is 6. The van der Waals surface area contributed by atoms with Crippen LogP contribution >= 0.6 is 0 Å². The van der Waals surface area contributed by atoms with Gasteiger partial charge in [0.15, 0.2) is 0 Å². The van der Waals surface area contributed by atoms with Gasteiger partial charge in [-0.2, -0.15) is 0 Å². The third-order valence-electron chi connectivity index (χ3n) is 3.86. The number of nitrogens with zero attached hydrogens (tertiary/aromatic N) is 1. The molecule has 0 aliphatic carbocycles. The van der Waals surface area contributed by atoms with Gasteiger partial charge >= 0.3 is 5.97 Å². The van der Waals surface area contributed by atoms with E-state index in [1.807, 2.05) is 6.92 Å². The molecule has 0 saturated carbocycles. The number of allylic oxidation sites excluding steroid dienone is 1. The smallest absolute Gasteiger partial charge is 0.336 e. The standard InChI is InChI=1S/C17H20N2O6/c1-3-24-8-9-25-17(21)16-11(2)18-15(20)10-14(16)12-4-6-13(7-5-12)19(22)23/h4-7,14H,3,8-10H2,1-2H3,(H,18,20).